The largest absolute Gasteiger partial charge is 0.480 e. The summed E-state index contributed by atoms with van der Waals surface area (Å²) >= 11 is 0. The van der Waals surface area contributed by atoms with Crippen LogP contribution in [0.25, 0.3) is 0 Å². The van der Waals surface area contributed by atoms with Crippen LogP contribution in [0.15, 0.2) is 0 Å². The summed E-state index contributed by atoms with van der Waals surface area (Å²) in [5.74, 6) is -1.27. The van der Waals surface area contributed by atoms with E-state index in [9.17, 15) is 9.59 Å². The second-order valence-corrected chi connectivity index (χ2v) is 5.24. The van der Waals surface area contributed by atoms with Crippen LogP contribution in [0.5, 0.6) is 0 Å². The number of carboxylic acid groups (broad SMARTS) is 1. The zero-order valence-corrected chi connectivity index (χ0v) is 10.1. The quantitative estimate of drug-likeness (QED) is 0.726. The summed E-state index contributed by atoms with van der Waals surface area (Å²) in [7, 11) is 0. The van der Waals surface area contributed by atoms with Crippen molar-refractivity contribution in [3.05, 3.63) is 0 Å². The first-order chi connectivity index (χ1) is 7.30. The third-order valence-electron chi connectivity index (χ3n) is 2.87. The fraction of sp³-hybridized carbons (Fsp3) is 0.818. The first kappa shape index (κ1) is 13.0. The Bertz CT molecular complexity index is 289. The molecule has 1 saturated heterocycles. The average Bonchev–Trinajstić information content (AvgIpc) is 2.43. The molecular formula is C11H20N2O3. The Kier molecular flexibility index (Phi) is 3.91. The summed E-state index contributed by atoms with van der Waals surface area (Å²) in [6.45, 7) is 7.84. The number of nitrogens with one attached hydrogen (secondary N) is 1. The summed E-state index contributed by atoms with van der Waals surface area (Å²) in [4.78, 5) is 23.9. The molecule has 0 spiro atoms. The molecule has 1 aliphatic rings. The number of aliphatic carboxylic acids is 1. The maximum absolute atomic E-state index is 10.9. The predicted molar refractivity (Wildman–Crippen MR) is 60.1 cm³/mol. The van der Waals surface area contributed by atoms with Gasteiger partial charge in [0.2, 0.25) is 5.91 Å². The molecule has 1 atom stereocenters. The monoisotopic (exact) mass is 228 g/mol. The summed E-state index contributed by atoms with van der Waals surface area (Å²) in [6, 6.07) is -0.800. The van der Waals surface area contributed by atoms with Gasteiger partial charge >= 0.3 is 5.97 Å². The smallest absolute Gasteiger partial charge is 0.327 e. The van der Waals surface area contributed by atoms with Gasteiger partial charge in [-0.15, -0.1) is 0 Å². The lowest BCUT2D eigenvalue weighted by Gasteiger charge is -2.23. The van der Waals surface area contributed by atoms with Crippen LogP contribution in [0.4, 0.5) is 0 Å². The lowest BCUT2D eigenvalue weighted by atomic mass is 9.93. The highest BCUT2D eigenvalue weighted by Gasteiger charge is 2.32. The number of hydrogen-bond acceptors (Lipinski definition) is 3. The van der Waals surface area contributed by atoms with E-state index >= 15 is 0 Å². The Balaban J connectivity index is 2.50. The number of nitrogens with zero attached hydrogens (tertiary/aromatic N) is 1. The molecule has 0 aromatic rings. The van der Waals surface area contributed by atoms with Crippen molar-refractivity contribution in [3.8, 4) is 0 Å². The van der Waals surface area contributed by atoms with Crippen LogP contribution in [-0.4, -0.2) is 47.6 Å². The molecule has 92 valence electrons. The Hall–Kier alpha value is -1.10. The summed E-state index contributed by atoms with van der Waals surface area (Å²) in [5.41, 5.74) is 0.249. The molecule has 0 saturated carbocycles. The van der Waals surface area contributed by atoms with Gasteiger partial charge in [-0.25, -0.2) is 4.79 Å². The number of carbonyl (C=O) groups is 2. The highest BCUT2D eigenvalue weighted by Crippen LogP contribution is 2.28. The molecule has 1 heterocycles. The molecule has 16 heavy (non-hydrogen) atoms. The lowest BCUT2D eigenvalue weighted by Crippen LogP contribution is -2.47. The SMILES string of the molecule is CC(=O)NC(CN1CCC(C)(C)C1)C(=O)O. The van der Waals surface area contributed by atoms with Gasteiger partial charge in [0.25, 0.3) is 0 Å². The first-order valence-corrected chi connectivity index (χ1v) is 5.52. The molecule has 1 amide bonds. The lowest BCUT2D eigenvalue weighted by molar-refractivity contribution is -0.142. The minimum Gasteiger partial charge on any atom is -0.480 e. The number of amides is 1. The average molecular weight is 228 g/mol. The van der Waals surface area contributed by atoms with Crippen LogP contribution in [0.2, 0.25) is 0 Å². The Morgan fingerprint density at radius 1 is 1.50 bits per heavy atom. The van der Waals surface area contributed by atoms with E-state index < -0.39 is 12.0 Å². The first-order valence-electron chi connectivity index (χ1n) is 5.52. The number of hydrogen-bond donors (Lipinski definition) is 2. The highest BCUT2D eigenvalue weighted by molar-refractivity contribution is 5.82. The van der Waals surface area contributed by atoms with Crippen LogP contribution in [0.1, 0.15) is 27.2 Å². The summed E-state index contributed by atoms with van der Waals surface area (Å²) < 4.78 is 0. The van der Waals surface area contributed by atoms with E-state index in [-0.39, 0.29) is 11.3 Å². The maximum atomic E-state index is 10.9. The fourth-order valence-electron chi connectivity index (χ4n) is 2.07. The zero-order valence-electron chi connectivity index (χ0n) is 10.1. The summed E-state index contributed by atoms with van der Waals surface area (Å²) in [6.07, 6.45) is 1.07. The number of carbonyl (C=O) groups excluding carboxylic acids is 1. The van der Waals surface area contributed by atoms with Crippen molar-refractivity contribution in [1.29, 1.82) is 0 Å². The summed E-state index contributed by atoms with van der Waals surface area (Å²) in [5, 5.41) is 11.4. The van der Waals surface area contributed by atoms with E-state index in [1.807, 2.05) is 0 Å². The minimum absolute atomic E-state index is 0.249. The predicted octanol–water partition coefficient (Wildman–Crippen LogP) is 0.308. The van der Waals surface area contributed by atoms with Crippen molar-refractivity contribution in [3.63, 3.8) is 0 Å². The molecule has 0 bridgehead atoms. The fourth-order valence-corrected chi connectivity index (χ4v) is 2.07. The van der Waals surface area contributed by atoms with Gasteiger partial charge in [-0.1, -0.05) is 13.8 Å². The van der Waals surface area contributed by atoms with Crippen molar-refractivity contribution in [2.24, 2.45) is 5.41 Å². The standard InChI is InChI=1S/C11H20N2O3/c1-8(14)12-9(10(15)16)6-13-5-4-11(2,3)7-13/h9H,4-7H2,1-3H3,(H,12,14)(H,15,16). The van der Waals surface area contributed by atoms with Gasteiger partial charge in [0.1, 0.15) is 6.04 Å². The van der Waals surface area contributed by atoms with E-state index in [1.165, 1.54) is 6.92 Å². The topological polar surface area (TPSA) is 69.6 Å². The van der Waals surface area contributed by atoms with Crippen molar-refractivity contribution in [1.82, 2.24) is 10.2 Å². The van der Waals surface area contributed by atoms with Crippen LogP contribution >= 0.6 is 0 Å². The zero-order chi connectivity index (χ0) is 12.3. The normalized spacial score (nSPS) is 21.7. The van der Waals surface area contributed by atoms with Crippen molar-refractivity contribution >= 4 is 11.9 Å². The highest BCUT2D eigenvalue weighted by atomic mass is 16.4. The third-order valence-corrected chi connectivity index (χ3v) is 2.87. The van der Waals surface area contributed by atoms with E-state index in [1.54, 1.807) is 0 Å². The second-order valence-electron chi connectivity index (χ2n) is 5.24. The van der Waals surface area contributed by atoms with Gasteiger partial charge in [0.05, 0.1) is 0 Å². The van der Waals surface area contributed by atoms with E-state index in [4.69, 9.17) is 5.11 Å². The van der Waals surface area contributed by atoms with Crippen molar-refractivity contribution in [2.75, 3.05) is 19.6 Å². The molecule has 0 aromatic heterocycles. The van der Waals surface area contributed by atoms with Gasteiger partial charge < -0.3 is 15.3 Å². The van der Waals surface area contributed by atoms with Gasteiger partial charge in [-0.3, -0.25) is 4.79 Å². The number of rotatable bonds is 4. The van der Waals surface area contributed by atoms with E-state index in [0.717, 1.165) is 19.5 Å². The molecule has 5 nitrogen and oxygen atoms in total. The molecular weight excluding hydrogens is 208 g/mol. The van der Waals surface area contributed by atoms with Gasteiger partial charge in [0, 0.05) is 20.0 Å². The van der Waals surface area contributed by atoms with Crippen molar-refractivity contribution in [2.45, 2.75) is 33.2 Å². The maximum Gasteiger partial charge on any atom is 0.327 e. The Morgan fingerprint density at radius 3 is 2.50 bits per heavy atom. The van der Waals surface area contributed by atoms with Crippen LogP contribution < -0.4 is 5.32 Å². The molecule has 2 N–H and O–H groups in total. The van der Waals surface area contributed by atoms with Gasteiger partial charge in [-0.2, -0.15) is 0 Å². The number of likely N-dealkylation sites (tertiary alicyclic amines) is 1. The van der Waals surface area contributed by atoms with E-state index in [0.29, 0.717) is 6.54 Å². The molecule has 0 aliphatic carbocycles. The minimum atomic E-state index is -0.972. The van der Waals surface area contributed by atoms with Crippen molar-refractivity contribution < 1.29 is 14.7 Å². The molecule has 0 aromatic carbocycles. The molecule has 5 heteroatoms. The molecule has 1 rings (SSSR count). The van der Waals surface area contributed by atoms with Crippen LogP contribution in [0, 0.1) is 5.41 Å². The second kappa shape index (κ2) is 4.82. The molecule has 1 aliphatic heterocycles. The van der Waals surface area contributed by atoms with Crippen LogP contribution in [0.3, 0.4) is 0 Å². The third kappa shape index (κ3) is 3.81. The van der Waals surface area contributed by atoms with E-state index in [2.05, 4.69) is 24.1 Å². The van der Waals surface area contributed by atoms with Gasteiger partial charge in [-0.05, 0) is 18.4 Å². The number of carboxylic acids is 1. The van der Waals surface area contributed by atoms with Gasteiger partial charge in [0.15, 0.2) is 0 Å². The van der Waals surface area contributed by atoms with Crippen LogP contribution in [-0.2, 0) is 9.59 Å². The Labute approximate surface area is 95.8 Å². The Morgan fingerprint density at radius 2 is 2.12 bits per heavy atom. The molecule has 1 fully saturated rings. The molecule has 0 radical (unpaired) electrons. The molecule has 1 unspecified atom stereocenters.